The molecule has 4 nitrogen and oxygen atoms in total. The van der Waals surface area contributed by atoms with Crippen LogP contribution in [0.3, 0.4) is 0 Å². The summed E-state index contributed by atoms with van der Waals surface area (Å²) < 4.78 is 0.778. The van der Waals surface area contributed by atoms with Crippen LogP contribution in [0.2, 0.25) is 0 Å². The minimum atomic E-state index is -0.908. The second-order valence-corrected chi connectivity index (χ2v) is 4.68. The number of carboxylic acid groups (broad SMARTS) is 1. The highest BCUT2D eigenvalue weighted by atomic mass is 32.2. The van der Waals surface area contributed by atoms with Crippen molar-refractivity contribution in [2.75, 3.05) is 12.3 Å². The number of thioether (sulfide) groups is 1. The van der Waals surface area contributed by atoms with Crippen LogP contribution in [-0.4, -0.2) is 28.4 Å². The molecule has 0 atom stereocenters. The Morgan fingerprint density at radius 2 is 2.46 bits per heavy atom. The molecular weight excluding hydrogens is 208 g/mol. The second kappa shape index (κ2) is 4.59. The highest BCUT2D eigenvalue weighted by Crippen LogP contribution is 2.26. The van der Waals surface area contributed by atoms with E-state index in [0.717, 1.165) is 10.1 Å². The lowest BCUT2D eigenvalue weighted by atomic mass is 10.4. The molecule has 0 unspecified atom stereocenters. The summed E-state index contributed by atoms with van der Waals surface area (Å²) in [5.41, 5.74) is 5.90. The molecule has 6 heteroatoms. The normalized spacial score (nSPS) is 10.3. The zero-order chi connectivity index (χ0) is 9.84. The number of rotatable bonds is 4. The van der Waals surface area contributed by atoms with Crippen LogP contribution in [0.15, 0.2) is 4.34 Å². The quantitative estimate of drug-likeness (QED) is 0.743. The van der Waals surface area contributed by atoms with Crippen molar-refractivity contribution in [3.63, 3.8) is 0 Å². The summed E-state index contributed by atoms with van der Waals surface area (Å²) in [4.78, 5) is 15.1. The molecule has 0 aromatic carbocycles. The van der Waals surface area contributed by atoms with Crippen molar-refractivity contribution >= 4 is 29.1 Å². The Morgan fingerprint density at radius 1 is 1.77 bits per heavy atom. The highest BCUT2D eigenvalue weighted by molar-refractivity contribution is 8.01. The summed E-state index contributed by atoms with van der Waals surface area (Å²) >= 11 is 2.70. The number of hydrogen-bond donors (Lipinski definition) is 2. The Hall–Kier alpha value is -0.590. The molecule has 3 N–H and O–H groups in total. The van der Waals surface area contributed by atoms with Gasteiger partial charge in [0.25, 0.3) is 0 Å². The van der Waals surface area contributed by atoms with Gasteiger partial charge in [-0.15, -0.1) is 11.3 Å². The molecular formula is C7H10N2O2S2. The Morgan fingerprint density at radius 3 is 2.92 bits per heavy atom. The third-order valence-electron chi connectivity index (χ3n) is 1.31. The molecule has 72 valence electrons. The molecule has 0 saturated carbocycles. The van der Waals surface area contributed by atoms with Gasteiger partial charge in [-0.05, 0) is 6.92 Å². The van der Waals surface area contributed by atoms with Crippen molar-refractivity contribution in [1.82, 2.24) is 4.98 Å². The van der Waals surface area contributed by atoms with Gasteiger partial charge in [0.1, 0.15) is 4.88 Å². The first-order chi connectivity index (χ1) is 6.15. The van der Waals surface area contributed by atoms with E-state index in [9.17, 15) is 4.79 Å². The maximum absolute atomic E-state index is 10.6. The maximum Gasteiger partial charge on any atom is 0.347 e. The summed E-state index contributed by atoms with van der Waals surface area (Å²) in [6, 6.07) is 0. The SMILES string of the molecule is Cc1nc(SCCN)sc1C(=O)O. The van der Waals surface area contributed by atoms with Gasteiger partial charge in [-0.2, -0.15) is 0 Å². The van der Waals surface area contributed by atoms with Crippen molar-refractivity contribution in [1.29, 1.82) is 0 Å². The minimum absolute atomic E-state index is 0.319. The summed E-state index contributed by atoms with van der Waals surface area (Å²) in [5.74, 6) is -0.138. The van der Waals surface area contributed by atoms with Crippen molar-refractivity contribution in [3.05, 3.63) is 10.6 Å². The van der Waals surface area contributed by atoms with E-state index in [4.69, 9.17) is 10.8 Å². The van der Waals surface area contributed by atoms with Crippen LogP contribution in [0.5, 0.6) is 0 Å². The van der Waals surface area contributed by atoms with Gasteiger partial charge in [-0.25, -0.2) is 9.78 Å². The van der Waals surface area contributed by atoms with Crippen LogP contribution >= 0.6 is 23.1 Å². The molecule has 13 heavy (non-hydrogen) atoms. The first-order valence-electron chi connectivity index (χ1n) is 3.68. The van der Waals surface area contributed by atoms with E-state index in [2.05, 4.69) is 4.98 Å². The largest absolute Gasteiger partial charge is 0.477 e. The summed E-state index contributed by atoms with van der Waals surface area (Å²) in [7, 11) is 0. The standard InChI is InChI=1S/C7H10N2O2S2/c1-4-5(6(10)11)13-7(9-4)12-3-2-8/h2-3,8H2,1H3,(H,10,11). The Kier molecular flexibility index (Phi) is 3.71. The van der Waals surface area contributed by atoms with Gasteiger partial charge in [-0.1, -0.05) is 11.8 Å². The van der Waals surface area contributed by atoms with Crippen molar-refractivity contribution in [2.24, 2.45) is 5.73 Å². The fourth-order valence-corrected chi connectivity index (χ4v) is 2.65. The van der Waals surface area contributed by atoms with E-state index in [-0.39, 0.29) is 0 Å². The molecule has 0 aliphatic rings. The summed E-state index contributed by atoms with van der Waals surface area (Å²) in [5, 5.41) is 8.74. The lowest BCUT2D eigenvalue weighted by Gasteiger charge is -1.90. The van der Waals surface area contributed by atoms with E-state index in [1.54, 1.807) is 6.92 Å². The zero-order valence-corrected chi connectivity index (χ0v) is 8.74. The lowest BCUT2D eigenvalue weighted by Crippen LogP contribution is -2.00. The van der Waals surface area contributed by atoms with Crippen LogP contribution in [0, 0.1) is 6.92 Å². The number of thiazole rings is 1. The highest BCUT2D eigenvalue weighted by Gasteiger charge is 2.13. The molecule has 0 saturated heterocycles. The van der Waals surface area contributed by atoms with E-state index in [1.165, 1.54) is 23.1 Å². The molecule has 0 amide bonds. The van der Waals surface area contributed by atoms with Gasteiger partial charge < -0.3 is 10.8 Å². The number of nitrogens with zero attached hydrogens (tertiary/aromatic N) is 1. The summed E-state index contributed by atoms with van der Waals surface area (Å²) in [6.07, 6.45) is 0. The van der Waals surface area contributed by atoms with Gasteiger partial charge in [0.2, 0.25) is 0 Å². The molecule has 1 heterocycles. The van der Waals surface area contributed by atoms with E-state index in [0.29, 0.717) is 17.1 Å². The Labute approximate surface area is 84.2 Å². The van der Waals surface area contributed by atoms with Gasteiger partial charge in [0, 0.05) is 12.3 Å². The fourth-order valence-electron chi connectivity index (χ4n) is 0.778. The number of carbonyl (C=O) groups is 1. The van der Waals surface area contributed by atoms with E-state index < -0.39 is 5.97 Å². The number of nitrogens with two attached hydrogens (primary N) is 1. The van der Waals surface area contributed by atoms with Crippen molar-refractivity contribution in [2.45, 2.75) is 11.3 Å². The van der Waals surface area contributed by atoms with E-state index in [1.807, 2.05) is 0 Å². The predicted octanol–water partition coefficient (Wildman–Crippen LogP) is 1.20. The minimum Gasteiger partial charge on any atom is -0.477 e. The molecule has 1 rings (SSSR count). The molecule has 0 bridgehead atoms. The molecule has 0 aliphatic carbocycles. The zero-order valence-electron chi connectivity index (χ0n) is 7.11. The van der Waals surface area contributed by atoms with E-state index >= 15 is 0 Å². The van der Waals surface area contributed by atoms with Gasteiger partial charge in [0.05, 0.1) is 5.69 Å². The van der Waals surface area contributed by atoms with Gasteiger partial charge in [0.15, 0.2) is 4.34 Å². The molecule has 0 radical (unpaired) electrons. The van der Waals surface area contributed by atoms with Crippen LogP contribution in [0.4, 0.5) is 0 Å². The van der Waals surface area contributed by atoms with Crippen molar-refractivity contribution < 1.29 is 9.90 Å². The molecule has 0 spiro atoms. The van der Waals surface area contributed by atoms with Crippen LogP contribution in [0.25, 0.3) is 0 Å². The average Bonchev–Trinajstić information content (AvgIpc) is 2.43. The number of hydrogen-bond acceptors (Lipinski definition) is 5. The molecule has 1 aromatic heterocycles. The maximum atomic E-state index is 10.6. The van der Waals surface area contributed by atoms with Gasteiger partial charge in [-0.3, -0.25) is 0 Å². The summed E-state index contributed by atoms with van der Waals surface area (Å²) in [6.45, 7) is 2.28. The molecule has 0 aliphatic heterocycles. The lowest BCUT2D eigenvalue weighted by molar-refractivity contribution is 0.0701. The third-order valence-corrected chi connectivity index (χ3v) is 3.64. The Bertz CT molecular complexity index is 311. The van der Waals surface area contributed by atoms with Crippen LogP contribution < -0.4 is 5.73 Å². The molecule has 1 aromatic rings. The first kappa shape index (κ1) is 10.5. The number of aromatic carboxylic acids is 1. The Balaban J connectivity index is 2.76. The fraction of sp³-hybridized carbons (Fsp3) is 0.429. The first-order valence-corrected chi connectivity index (χ1v) is 5.49. The van der Waals surface area contributed by atoms with Crippen LogP contribution in [0.1, 0.15) is 15.4 Å². The second-order valence-electron chi connectivity index (χ2n) is 2.34. The number of carboxylic acids is 1. The smallest absolute Gasteiger partial charge is 0.347 e. The third kappa shape index (κ3) is 2.68. The predicted molar refractivity (Wildman–Crippen MR) is 53.6 cm³/mol. The van der Waals surface area contributed by atoms with Crippen molar-refractivity contribution in [3.8, 4) is 0 Å². The van der Waals surface area contributed by atoms with Gasteiger partial charge >= 0.3 is 5.97 Å². The topological polar surface area (TPSA) is 76.2 Å². The average molecular weight is 218 g/mol. The van der Waals surface area contributed by atoms with Crippen LogP contribution in [-0.2, 0) is 0 Å². The molecule has 0 fully saturated rings. The number of aryl methyl sites for hydroxylation is 1. The monoisotopic (exact) mass is 218 g/mol. The number of aromatic nitrogens is 1.